The molecular formula is C18H30N4O9S. The monoisotopic (exact) mass is 478 g/mol. The molecule has 32 heavy (non-hydrogen) atoms. The van der Waals surface area contributed by atoms with E-state index in [0.717, 1.165) is 0 Å². The molecule has 0 bridgehead atoms. The highest BCUT2D eigenvalue weighted by Crippen LogP contribution is 2.09. The number of rotatable bonds is 15. The quantitative estimate of drug-likeness (QED) is 0.123. The third kappa shape index (κ3) is 10.4. The van der Waals surface area contributed by atoms with Crippen molar-refractivity contribution in [3.05, 3.63) is 0 Å². The van der Waals surface area contributed by atoms with Gasteiger partial charge < -0.3 is 37.0 Å². The van der Waals surface area contributed by atoms with Crippen molar-refractivity contribution in [1.29, 1.82) is 0 Å². The van der Waals surface area contributed by atoms with Gasteiger partial charge in [0.25, 0.3) is 0 Å². The van der Waals surface area contributed by atoms with Crippen LogP contribution in [0.3, 0.4) is 0 Å². The second kappa shape index (κ2) is 14.2. The summed E-state index contributed by atoms with van der Waals surface area (Å²) in [6.45, 7) is 3.40. The van der Waals surface area contributed by atoms with E-state index < -0.39 is 78.6 Å². The van der Waals surface area contributed by atoms with Gasteiger partial charge in [0.05, 0.1) is 12.5 Å². The molecule has 0 rings (SSSR count). The Morgan fingerprint density at radius 3 is 1.88 bits per heavy atom. The molecule has 14 heteroatoms. The molecule has 8 N–H and O–H groups in total. The fourth-order valence-electron chi connectivity index (χ4n) is 2.50. The third-order valence-corrected chi connectivity index (χ3v) is 4.97. The Bertz CT molecular complexity index is 719. The molecule has 5 atom stereocenters. The Hall–Kier alpha value is -2.87. The molecule has 0 saturated carbocycles. The van der Waals surface area contributed by atoms with Gasteiger partial charge >= 0.3 is 17.9 Å². The van der Waals surface area contributed by atoms with Crippen molar-refractivity contribution in [3.63, 3.8) is 0 Å². The summed E-state index contributed by atoms with van der Waals surface area (Å²) < 4.78 is 0. The van der Waals surface area contributed by atoms with Crippen molar-refractivity contribution in [3.8, 4) is 0 Å². The zero-order valence-electron chi connectivity index (χ0n) is 17.7. The fraction of sp³-hybridized carbons (Fsp3) is 0.667. The van der Waals surface area contributed by atoms with Crippen LogP contribution < -0.4 is 21.7 Å². The number of hydrogen-bond donors (Lipinski definition) is 8. The molecule has 0 aromatic heterocycles. The van der Waals surface area contributed by atoms with Crippen LogP contribution in [-0.4, -0.2) is 80.9 Å². The van der Waals surface area contributed by atoms with Gasteiger partial charge in [-0.15, -0.1) is 0 Å². The van der Waals surface area contributed by atoms with Crippen LogP contribution in [0.5, 0.6) is 0 Å². The van der Waals surface area contributed by atoms with E-state index in [1.54, 1.807) is 13.8 Å². The number of carbonyl (C=O) groups is 6. The summed E-state index contributed by atoms with van der Waals surface area (Å²) in [6, 6.07) is -5.31. The molecule has 0 aromatic rings. The van der Waals surface area contributed by atoms with Crippen LogP contribution in [0.25, 0.3) is 0 Å². The third-order valence-electron chi connectivity index (χ3n) is 4.60. The summed E-state index contributed by atoms with van der Waals surface area (Å²) in [7, 11) is 0. The van der Waals surface area contributed by atoms with E-state index in [-0.39, 0.29) is 12.2 Å². The average Bonchev–Trinajstić information content (AvgIpc) is 2.70. The summed E-state index contributed by atoms with van der Waals surface area (Å²) in [4.78, 5) is 70.0. The summed E-state index contributed by atoms with van der Waals surface area (Å²) in [6.07, 6.45) is -1.06. The Labute approximate surface area is 189 Å². The molecule has 5 unspecified atom stereocenters. The lowest BCUT2D eigenvalue weighted by Gasteiger charge is -2.27. The Balaban J connectivity index is 5.30. The summed E-state index contributed by atoms with van der Waals surface area (Å²) in [5, 5.41) is 33.5. The maximum Gasteiger partial charge on any atom is 0.326 e. The van der Waals surface area contributed by atoms with Crippen molar-refractivity contribution in [2.75, 3.05) is 5.75 Å². The molecule has 0 spiro atoms. The second-order valence-electron chi connectivity index (χ2n) is 7.15. The lowest BCUT2D eigenvalue weighted by atomic mass is 9.97. The number of amides is 3. The van der Waals surface area contributed by atoms with Gasteiger partial charge in [-0.1, -0.05) is 20.3 Å². The van der Waals surface area contributed by atoms with Crippen LogP contribution in [0, 0.1) is 5.92 Å². The van der Waals surface area contributed by atoms with E-state index in [1.807, 2.05) is 0 Å². The van der Waals surface area contributed by atoms with E-state index >= 15 is 0 Å². The highest BCUT2D eigenvalue weighted by Gasteiger charge is 2.32. The van der Waals surface area contributed by atoms with Crippen molar-refractivity contribution in [2.24, 2.45) is 11.7 Å². The van der Waals surface area contributed by atoms with Crippen LogP contribution in [0.1, 0.15) is 39.5 Å². The van der Waals surface area contributed by atoms with E-state index in [0.29, 0.717) is 6.42 Å². The largest absolute Gasteiger partial charge is 0.481 e. The predicted molar refractivity (Wildman–Crippen MR) is 114 cm³/mol. The van der Waals surface area contributed by atoms with E-state index in [4.69, 9.17) is 21.1 Å². The molecule has 0 saturated heterocycles. The SMILES string of the molecule is CCC(C)C(NC(=O)C(N)CC(=O)O)C(=O)NC(CS)C(=O)NC(CCC(=O)O)C(=O)O. The number of carbonyl (C=O) groups excluding carboxylic acids is 3. The molecule has 0 aliphatic rings. The molecule has 0 heterocycles. The molecule has 0 fully saturated rings. The summed E-state index contributed by atoms with van der Waals surface area (Å²) >= 11 is 3.98. The van der Waals surface area contributed by atoms with Crippen LogP contribution in [0.4, 0.5) is 0 Å². The average molecular weight is 479 g/mol. The smallest absolute Gasteiger partial charge is 0.326 e. The molecular weight excluding hydrogens is 448 g/mol. The molecule has 3 amide bonds. The van der Waals surface area contributed by atoms with Gasteiger partial charge in [-0.2, -0.15) is 12.6 Å². The minimum absolute atomic E-state index is 0.220. The van der Waals surface area contributed by atoms with E-state index in [1.165, 1.54) is 0 Å². The Morgan fingerprint density at radius 1 is 0.875 bits per heavy atom. The van der Waals surface area contributed by atoms with Crippen LogP contribution in [0.15, 0.2) is 0 Å². The maximum absolute atomic E-state index is 12.7. The lowest BCUT2D eigenvalue weighted by Crippen LogP contribution is -2.59. The van der Waals surface area contributed by atoms with Crippen molar-refractivity contribution < 1.29 is 44.1 Å². The zero-order chi connectivity index (χ0) is 25.0. The standard InChI is InChI=1S/C18H30N4O9S/c1-3-8(2)14(22-15(27)9(19)6-13(25)26)17(29)21-11(7-32)16(28)20-10(18(30)31)4-5-12(23)24/h8-11,14,32H,3-7,19H2,1-2H3,(H,20,28)(H,21,29)(H,22,27)(H,23,24)(H,25,26)(H,30,31). The summed E-state index contributed by atoms with van der Waals surface area (Å²) in [5.41, 5.74) is 5.52. The highest BCUT2D eigenvalue weighted by molar-refractivity contribution is 7.80. The van der Waals surface area contributed by atoms with Crippen molar-refractivity contribution in [1.82, 2.24) is 16.0 Å². The number of carboxylic acid groups (broad SMARTS) is 3. The summed E-state index contributed by atoms with van der Waals surface area (Å²) in [5.74, 6) is -7.15. The predicted octanol–water partition coefficient (Wildman–Crippen LogP) is -1.83. The molecule has 0 aliphatic carbocycles. The van der Waals surface area contributed by atoms with Gasteiger partial charge in [0.15, 0.2) is 0 Å². The van der Waals surface area contributed by atoms with Gasteiger partial charge in [0, 0.05) is 12.2 Å². The molecule has 182 valence electrons. The first kappa shape index (κ1) is 29.1. The minimum atomic E-state index is -1.49. The first-order chi connectivity index (χ1) is 14.8. The normalized spacial score (nSPS) is 15.4. The highest BCUT2D eigenvalue weighted by atomic mass is 32.1. The van der Waals surface area contributed by atoms with Gasteiger partial charge in [-0.05, 0) is 12.3 Å². The molecule has 0 aliphatic heterocycles. The molecule has 0 aromatic carbocycles. The van der Waals surface area contributed by atoms with E-state index in [9.17, 15) is 28.8 Å². The molecule has 0 radical (unpaired) electrons. The number of nitrogens with two attached hydrogens (primary N) is 1. The van der Waals surface area contributed by atoms with E-state index in [2.05, 4.69) is 28.6 Å². The first-order valence-electron chi connectivity index (χ1n) is 9.77. The minimum Gasteiger partial charge on any atom is -0.481 e. The number of carboxylic acids is 3. The first-order valence-corrected chi connectivity index (χ1v) is 10.4. The van der Waals surface area contributed by atoms with Crippen LogP contribution in [-0.2, 0) is 28.8 Å². The van der Waals surface area contributed by atoms with Crippen molar-refractivity contribution >= 4 is 48.3 Å². The fourth-order valence-corrected chi connectivity index (χ4v) is 2.75. The Kier molecular flexibility index (Phi) is 13.0. The number of nitrogens with one attached hydrogen (secondary N) is 3. The number of hydrogen-bond acceptors (Lipinski definition) is 8. The number of aliphatic carboxylic acids is 3. The van der Waals surface area contributed by atoms with Crippen LogP contribution in [0.2, 0.25) is 0 Å². The van der Waals surface area contributed by atoms with Gasteiger partial charge in [-0.25, -0.2) is 4.79 Å². The topological polar surface area (TPSA) is 225 Å². The maximum atomic E-state index is 12.7. The zero-order valence-corrected chi connectivity index (χ0v) is 18.6. The second-order valence-corrected chi connectivity index (χ2v) is 7.52. The van der Waals surface area contributed by atoms with Gasteiger partial charge in [-0.3, -0.25) is 24.0 Å². The lowest BCUT2D eigenvalue weighted by molar-refractivity contribution is -0.143. The van der Waals surface area contributed by atoms with Crippen LogP contribution >= 0.6 is 12.6 Å². The Morgan fingerprint density at radius 2 is 1.44 bits per heavy atom. The number of thiol groups is 1. The van der Waals surface area contributed by atoms with Gasteiger partial charge in [0.2, 0.25) is 17.7 Å². The van der Waals surface area contributed by atoms with Crippen molar-refractivity contribution in [2.45, 2.75) is 63.7 Å². The molecule has 13 nitrogen and oxygen atoms in total. The van der Waals surface area contributed by atoms with Gasteiger partial charge in [0.1, 0.15) is 18.1 Å².